The summed E-state index contributed by atoms with van der Waals surface area (Å²) in [5, 5.41) is 11.8. The molecule has 0 saturated heterocycles. The molecule has 4 atom stereocenters. The van der Waals surface area contributed by atoms with Crippen LogP contribution < -0.4 is 5.32 Å². The van der Waals surface area contributed by atoms with Crippen LogP contribution in [0.2, 0.25) is 0 Å². The minimum Gasteiger partial charge on any atom is -0.443 e. The molecule has 4 unspecified atom stereocenters. The third-order valence-electron chi connectivity index (χ3n) is 3.66. The third kappa shape index (κ3) is 3.33. The molecule has 0 aromatic rings. The Morgan fingerprint density at radius 3 is 2.65 bits per heavy atom. The number of methoxy groups -OCH3 is 1. The summed E-state index contributed by atoms with van der Waals surface area (Å²) < 4.78 is 10.8. The first kappa shape index (κ1) is 14.3. The second-order valence-corrected chi connectivity index (χ2v) is 4.49. The van der Waals surface area contributed by atoms with Crippen molar-refractivity contribution in [3.8, 4) is 0 Å². The number of amides is 1. The van der Waals surface area contributed by atoms with Crippen LogP contribution in [0.3, 0.4) is 0 Å². The van der Waals surface area contributed by atoms with E-state index >= 15 is 0 Å². The Bertz CT molecular complexity index is 247. The molecule has 0 aliphatic heterocycles. The van der Waals surface area contributed by atoms with Crippen LogP contribution in [0.1, 0.15) is 26.2 Å². The summed E-state index contributed by atoms with van der Waals surface area (Å²) in [6.45, 7) is 2.24. The molecule has 0 bridgehead atoms. The number of aliphatic hydroxyl groups is 1. The molecule has 1 aliphatic carbocycles. The number of hydrogen-bond donors (Lipinski definition) is 2. The summed E-state index contributed by atoms with van der Waals surface area (Å²) in [6, 6.07) is 0. The number of ether oxygens (including phenoxy) is 2. The molecule has 1 aliphatic rings. The number of rotatable bonds is 4. The molecule has 0 aromatic carbocycles. The van der Waals surface area contributed by atoms with Gasteiger partial charge in [-0.05, 0) is 24.7 Å². The number of carbonyl (C=O) groups is 1. The van der Waals surface area contributed by atoms with Gasteiger partial charge in [-0.25, -0.2) is 4.79 Å². The molecule has 5 nitrogen and oxygen atoms in total. The predicted molar refractivity (Wildman–Crippen MR) is 63.7 cm³/mol. The van der Waals surface area contributed by atoms with Crippen molar-refractivity contribution in [3.63, 3.8) is 0 Å². The van der Waals surface area contributed by atoms with Gasteiger partial charge in [0.05, 0.1) is 6.10 Å². The van der Waals surface area contributed by atoms with Gasteiger partial charge >= 0.3 is 6.09 Å². The maximum Gasteiger partial charge on any atom is 0.407 e. The maximum absolute atomic E-state index is 11.2. The first-order valence-corrected chi connectivity index (χ1v) is 6.19. The van der Waals surface area contributed by atoms with Gasteiger partial charge in [0.1, 0.15) is 6.10 Å². The minimum atomic E-state index is -0.422. The Morgan fingerprint density at radius 2 is 2.18 bits per heavy atom. The number of hydrogen-bond acceptors (Lipinski definition) is 4. The first-order valence-electron chi connectivity index (χ1n) is 6.19. The van der Waals surface area contributed by atoms with Crippen LogP contribution in [0.4, 0.5) is 4.79 Å². The van der Waals surface area contributed by atoms with Gasteiger partial charge in [-0.15, -0.1) is 0 Å². The van der Waals surface area contributed by atoms with Crippen LogP contribution in [0.5, 0.6) is 0 Å². The molecule has 0 spiro atoms. The summed E-state index contributed by atoms with van der Waals surface area (Å²) in [6.07, 6.45) is 1.77. The monoisotopic (exact) mass is 245 g/mol. The van der Waals surface area contributed by atoms with E-state index in [2.05, 4.69) is 12.2 Å². The summed E-state index contributed by atoms with van der Waals surface area (Å²) in [5.74, 6) is 0.489. The van der Waals surface area contributed by atoms with E-state index in [9.17, 15) is 9.90 Å². The summed E-state index contributed by atoms with van der Waals surface area (Å²) in [7, 11) is 3.17. The van der Waals surface area contributed by atoms with E-state index in [4.69, 9.17) is 9.47 Å². The molecule has 0 radical (unpaired) electrons. The van der Waals surface area contributed by atoms with Crippen molar-refractivity contribution >= 4 is 6.09 Å². The lowest BCUT2D eigenvalue weighted by molar-refractivity contribution is -0.0999. The highest BCUT2D eigenvalue weighted by molar-refractivity contribution is 5.66. The van der Waals surface area contributed by atoms with Crippen molar-refractivity contribution in [3.05, 3.63) is 0 Å². The number of alkyl carbamates (subject to hydrolysis) is 1. The van der Waals surface area contributed by atoms with E-state index in [0.717, 1.165) is 19.3 Å². The van der Waals surface area contributed by atoms with Crippen molar-refractivity contribution in [1.29, 1.82) is 0 Å². The molecule has 100 valence electrons. The Kier molecular flexibility index (Phi) is 5.71. The lowest BCUT2D eigenvalue weighted by Crippen LogP contribution is -2.47. The van der Waals surface area contributed by atoms with Crippen LogP contribution in [-0.4, -0.2) is 44.2 Å². The number of aliphatic hydroxyl groups excluding tert-OH is 1. The summed E-state index contributed by atoms with van der Waals surface area (Å²) in [5.41, 5.74) is 0. The molecule has 1 saturated carbocycles. The average Bonchev–Trinajstić information content (AvgIpc) is 2.37. The zero-order valence-corrected chi connectivity index (χ0v) is 10.8. The molecule has 2 N–H and O–H groups in total. The highest BCUT2D eigenvalue weighted by Gasteiger charge is 2.40. The van der Waals surface area contributed by atoms with Gasteiger partial charge in [0, 0.05) is 20.8 Å². The van der Waals surface area contributed by atoms with E-state index in [1.807, 2.05) is 0 Å². The lowest BCUT2D eigenvalue weighted by atomic mass is 9.74. The van der Waals surface area contributed by atoms with Crippen LogP contribution in [-0.2, 0) is 9.47 Å². The van der Waals surface area contributed by atoms with Gasteiger partial charge in [-0.1, -0.05) is 13.3 Å². The summed E-state index contributed by atoms with van der Waals surface area (Å²) >= 11 is 0. The van der Waals surface area contributed by atoms with Gasteiger partial charge < -0.3 is 19.9 Å². The maximum atomic E-state index is 11.2. The molecule has 0 aromatic heterocycles. The van der Waals surface area contributed by atoms with Gasteiger partial charge in [0.2, 0.25) is 0 Å². The highest BCUT2D eigenvalue weighted by Crippen LogP contribution is 2.35. The van der Waals surface area contributed by atoms with Crippen molar-refractivity contribution in [1.82, 2.24) is 5.32 Å². The van der Waals surface area contributed by atoms with E-state index in [1.165, 1.54) is 0 Å². The van der Waals surface area contributed by atoms with E-state index < -0.39 is 6.09 Å². The normalized spacial score (nSPS) is 33.2. The zero-order valence-electron chi connectivity index (χ0n) is 10.8. The van der Waals surface area contributed by atoms with Gasteiger partial charge in [-0.3, -0.25) is 0 Å². The third-order valence-corrected chi connectivity index (χ3v) is 3.66. The number of carbonyl (C=O) groups excluding carboxylic acids is 1. The lowest BCUT2D eigenvalue weighted by Gasteiger charge is -2.40. The molecular formula is C12H23NO4. The Morgan fingerprint density at radius 1 is 1.47 bits per heavy atom. The average molecular weight is 245 g/mol. The van der Waals surface area contributed by atoms with Crippen LogP contribution in [0, 0.1) is 11.8 Å². The van der Waals surface area contributed by atoms with Crippen LogP contribution in [0.15, 0.2) is 0 Å². The second kappa shape index (κ2) is 6.81. The highest BCUT2D eigenvalue weighted by atomic mass is 16.6. The number of nitrogens with one attached hydrogen (secondary N) is 1. The summed E-state index contributed by atoms with van der Waals surface area (Å²) in [4.78, 5) is 11.2. The molecule has 1 amide bonds. The second-order valence-electron chi connectivity index (χ2n) is 4.49. The van der Waals surface area contributed by atoms with Gasteiger partial charge in [-0.2, -0.15) is 0 Å². The van der Waals surface area contributed by atoms with Gasteiger partial charge in [0.25, 0.3) is 0 Å². The molecule has 0 heterocycles. The van der Waals surface area contributed by atoms with Crippen molar-refractivity contribution < 1.29 is 19.4 Å². The zero-order chi connectivity index (χ0) is 12.8. The SMILES string of the molecule is CCC1C(CO)CCC(OC(=O)NC)C1OC. The standard InChI is InChI=1S/C12H23NO4/c1-4-9-8(7-14)5-6-10(11(9)16-3)17-12(15)13-2/h8-11,14H,4-7H2,1-3H3,(H,13,15). The smallest absolute Gasteiger partial charge is 0.407 e. The van der Waals surface area contributed by atoms with Gasteiger partial charge in [0.15, 0.2) is 0 Å². The van der Waals surface area contributed by atoms with E-state index in [0.29, 0.717) is 0 Å². The Labute approximate surface area is 102 Å². The predicted octanol–water partition coefficient (Wildman–Crippen LogP) is 1.15. The molecule has 1 fully saturated rings. The van der Waals surface area contributed by atoms with E-state index in [-0.39, 0.29) is 30.7 Å². The fourth-order valence-corrected chi connectivity index (χ4v) is 2.74. The largest absolute Gasteiger partial charge is 0.443 e. The van der Waals surface area contributed by atoms with E-state index in [1.54, 1.807) is 14.2 Å². The molecule has 5 heteroatoms. The fraction of sp³-hybridized carbons (Fsp3) is 0.917. The quantitative estimate of drug-likeness (QED) is 0.779. The van der Waals surface area contributed by atoms with Crippen molar-refractivity contribution in [2.45, 2.75) is 38.4 Å². The molecule has 17 heavy (non-hydrogen) atoms. The Hall–Kier alpha value is -0.810. The van der Waals surface area contributed by atoms with Crippen molar-refractivity contribution in [2.75, 3.05) is 20.8 Å². The Balaban J connectivity index is 2.70. The first-order chi connectivity index (χ1) is 8.17. The van der Waals surface area contributed by atoms with Crippen molar-refractivity contribution in [2.24, 2.45) is 11.8 Å². The topological polar surface area (TPSA) is 67.8 Å². The van der Waals surface area contributed by atoms with Crippen LogP contribution in [0.25, 0.3) is 0 Å². The fourth-order valence-electron chi connectivity index (χ4n) is 2.74. The van der Waals surface area contributed by atoms with Crippen LogP contribution >= 0.6 is 0 Å². The molecular weight excluding hydrogens is 222 g/mol. The molecule has 1 rings (SSSR count). The minimum absolute atomic E-state index is 0.122.